The van der Waals surface area contributed by atoms with E-state index in [9.17, 15) is 4.79 Å². The van der Waals surface area contributed by atoms with Gasteiger partial charge in [-0.15, -0.1) is 0 Å². The molecule has 0 aromatic carbocycles. The number of carbonyl (C=O) groups excluding carboxylic acids is 1. The molecule has 3 atom stereocenters. The van der Waals surface area contributed by atoms with Crippen LogP contribution in [-0.4, -0.2) is 51.2 Å². The van der Waals surface area contributed by atoms with Crippen molar-refractivity contribution in [2.45, 2.75) is 70.8 Å². The van der Waals surface area contributed by atoms with Gasteiger partial charge in [-0.1, -0.05) is 32.6 Å². The molecule has 0 saturated heterocycles. The lowest BCUT2D eigenvalue weighted by atomic mass is 9.86. The Morgan fingerprint density at radius 2 is 1.96 bits per heavy atom. The average Bonchev–Trinajstić information content (AvgIpc) is 2.89. The van der Waals surface area contributed by atoms with Gasteiger partial charge in [-0.2, -0.15) is 0 Å². The Balaban J connectivity index is 2.44. The van der Waals surface area contributed by atoms with E-state index in [-0.39, 0.29) is 5.97 Å². The maximum Gasteiger partial charge on any atom is 0.305 e. The van der Waals surface area contributed by atoms with Crippen LogP contribution in [0.4, 0.5) is 0 Å². The number of ether oxygens (including phenoxy) is 1. The molecule has 136 valence electrons. The molecule has 1 saturated carbocycles. The summed E-state index contributed by atoms with van der Waals surface area (Å²) in [6, 6.07) is 0.591. The highest BCUT2D eigenvalue weighted by molar-refractivity contribution is 5.69. The molecule has 0 bridgehead atoms. The first kappa shape index (κ1) is 20.4. The van der Waals surface area contributed by atoms with Crippen LogP contribution in [0, 0.1) is 11.8 Å². The predicted molar refractivity (Wildman–Crippen MR) is 96.6 cm³/mol. The maximum absolute atomic E-state index is 11.7. The smallest absolute Gasteiger partial charge is 0.305 e. The lowest BCUT2D eigenvalue weighted by Gasteiger charge is -2.26. The summed E-state index contributed by atoms with van der Waals surface area (Å²) in [7, 11) is 5.75. The van der Waals surface area contributed by atoms with Crippen LogP contribution in [0.15, 0.2) is 0 Å². The number of rotatable bonds is 12. The van der Waals surface area contributed by atoms with E-state index >= 15 is 0 Å². The van der Waals surface area contributed by atoms with E-state index in [1.165, 1.54) is 58.5 Å². The number of unbranched alkanes of at least 4 members (excludes halogenated alkanes) is 3. The van der Waals surface area contributed by atoms with Crippen molar-refractivity contribution >= 4 is 5.97 Å². The van der Waals surface area contributed by atoms with Crippen LogP contribution in [-0.2, 0) is 9.53 Å². The minimum atomic E-state index is -0.0400. The summed E-state index contributed by atoms with van der Waals surface area (Å²) in [5.41, 5.74) is 0. The van der Waals surface area contributed by atoms with Crippen molar-refractivity contribution in [3.63, 3.8) is 0 Å². The van der Waals surface area contributed by atoms with Gasteiger partial charge >= 0.3 is 5.97 Å². The maximum atomic E-state index is 11.7. The molecule has 4 nitrogen and oxygen atoms in total. The van der Waals surface area contributed by atoms with Crippen LogP contribution in [0.1, 0.15) is 64.7 Å². The summed E-state index contributed by atoms with van der Waals surface area (Å²) in [6.07, 6.45) is 10.7. The summed E-state index contributed by atoms with van der Waals surface area (Å²) in [5, 5.41) is 3.77. The molecule has 0 spiro atoms. The van der Waals surface area contributed by atoms with Crippen LogP contribution >= 0.6 is 0 Å². The number of hydrogen-bond acceptors (Lipinski definition) is 4. The van der Waals surface area contributed by atoms with Gasteiger partial charge in [0.15, 0.2) is 0 Å². The average molecular weight is 327 g/mol. The molecule has 1 fully saturated rings. The Kier molecular flexibility index (Phi) is 10.5. The first-order chi connectivity index (χ1) is 11.1. The molecule has 0 aromatic rings. The van der Waals surface area contributed by atoms with E-state index in [2.05, 4.69) is 31.2 Å². The van der Waals surface area contributed by atoms with Crippen LogP contribution in [0.3, 0.4) is 0 Å². The van der Waals surface area contributed by atoms with Crippen molar-refractivity contribution < 1.29 is 9.53 Å². The second-order valence-electron chi connectivity index (χ2n) is 7.35. The van der Waals surface area contributed by atoms with Crippen LogP contribution in [0.25, 0.3) is 0 Å². The summed E-state index contributed by atoms with van der Waals surface area (Å²) in [4.78, 5) is 13.9. The fourth-order valence-electron chi connectivity index (χ4n) is 3.88. The Morgan fingerprint density at radius 1 is 1.17 bits per heavy atom. The van der Waals surface area contributed by atoms with Gasteiger partial charge in [-0.25, -0.2) is 0 Å². The van der Waals surface area contributed by atoms with Crippen molar-refractivity contribution in [3.05, 3.63) is 0 Å². The van der Waals surface area contributed by atoms with Gasteiger partial charge in [-0.3, -0.25) is 4.79 Å². The third-order valence-corrected chi connectivity index (χ3v) is 5.21. The Labute approximate surface area is 143 Å². The topological polar surface area (TPSA) is 41.6 Å². The minimum absolute atomic E-state index is 0.0400. The number of methoxy groups -OCH3 is 1. The highest BCUT2D eigenvalue weighted by Gasteiger charge is 2.36. The zero-order chi connectivity index (χ0) is 17.1. The molecule has 0 radical (unpaired) electrons. The molecule has 1 N–H and O–H groups in total. The largest absolute Gasteiger partial charge is 0.469 e. The molecular formula is C19H38N2O2. The Bertz CT molecular complexity index is 320. The molecule has 0 unspecified atom stereocenters. The number of esters is 1. The van der Waals surface area contributed by atoms with Gasteiger partial charge in [0.1, 0.15) is 0 Å². The van der Waals surface area contributed by atoms with Gasteiger partial charge in [0.25, 0.3) is 0 Å². The summed E-state index contributed by atoms with van der Waals surface area (Å²) < 4.78 is 4.90. The normalized spacial score (nSPS) is 24.3. The van der Waals surface area contributed by atoms with E-state index in [1.807, 2.05) is 0 Å². The Hall–Kier alpha value is -0.610. The minimum Gasteiger partial charge on any atom is -0.469 e. The molecule has 0 aromatic heterocycles. The first-order valence-electron chi connectivity index (χ1n) is 9.53. The quantitative estimate of drug-likeness (QED) is 0.440. The Morgan fingerprint density at radius 3 is 2.61 bits per heavy atom. The fraction of sp³-hybridized carbons (Fsp3) is 0.947. The van der Waals surface area contributed by atoms with Crippen molar-refractivity contribution in [2.75, 3.05) is 34.3 Å². The SMILES string of the molecule is CCCCCC[C@H]1[C@@H](CC(=O)OC)CC[C@@H]1NCCCN(C)C. The van der Waals surface area contributed by atoms with E-state index in [4.69, 9.17) is 4.74 Å². The van der Waals surface area contributed by atoms with Gasteiger partial charge in [0, 0.05) is 12.5 Å². The molecule has 1 aliphatic carbocycles. The van der Waals surface area contributed by atoms with Gasteiger partial charge in [0.05, 0.1) is 7.11 Å². The zero-order valence-electron chi connectivity index (χ0n) is 15.8. The third-order valence-electron chi connectivity index (χ3n) is 5.21. The zero-order valence-corrected chi connectivity index (χ0v) is 15.8. The molecule has 0 heterocycles. The van der Waals surface area contributed by atoms with Crippen molar-refractivity contribution in [3.8, 4) is 0 Å². The van der Waals surface area contributed by atoms with Crippen LogP contribution < -0.4 is 5.32 Å². The molecule has 0 aliphatic heterocycles. The third kappa shape index (κ3) is 8.16. The lowest BCUT2D eigenvalue weighted by molar-refractivity contribution is -0.142. The summed E-state index contributed by atoms with van der Waals surface area (Å²) >= 11 is 0. The van der Waals surface area contributed by atoms with E-state index in [1.54, 1.807) is 0 Å². The van der Waals surface area contributed by atoms with Crippen LogP contribution in [0.2, 0.25) is 0 Å². The molecule has 23 heavy (non-hydrogen) atoms. The summed E-state index contributed by atoms with van der Waals surface area (Å²) in [6.45, 7) is 4.47. The molecule has 1 aliphatic rings. The van der Waals surface area contributed by atoms with Crippen molar-refractivity contribution in [1.82, 2.24) is 10.2 Å². The molecule has 0 amide bonds. The van der Waals surface area contributed by atoms with E-state index in [0.717, 1.165) is 13.1 Å². The summed E-state index contributed by atoms with van der Waals surface area (Å²) in [5.74, 6) is 1.11. The van der Waals surface area contributed by atoms with E-state index in [0.29, 0.717) is 24.3 Å². The monoisotopic (exact) mass is 326 g/mol. The highest BCUT2D eigenvalue weighted by atomic mass is 16.5. The number of carbonyl (C=O) groups is 1. The molecule has 1 rings (SSSR count). The second-order valence-corrected chi connectivity index (χ2v) is 7.35. The number of hydrogen-bond donors (Lipinski definition) is 1. The van der Waals surface area contributed by atoms with Gasteiger partial charge in [0.2, 0.25) is 0 Å². The lowest BCUT2D eigenvalue weighted by Crippen LogP contribution is -2.36. The van der Waals surface area contributed by atoms with E-state index < -0.39 is 0 Å². The van der Waals surface area contributed by atoms with Gasteiger partial charge in [-0.05, 0) is 64.7 Å². The second kappa shape index (κ2) is 11.9. The predicted octanol–water partition coefficient (Wildman–Crippen LogP) is 3.46. The van der Waals surface area contributed by atoms with Gasteiger partial charge < -0.3 is 15.0 Å². The first-order valence-corrected chi connectivity index (χ1v) is 9.53. The van der Waals surface area contributed by atoms with Crippen molar-refractivity contribution in [2.24, 2.45) is 11.8 Å². The fourth-order valence-corrected chi connectivity index (χ4v) is 3.88. The molecular weight excluding hydrogens is 288 g/mol. The highest BCUT2D eigenvalue weighted by Crippen LogP contribution is 2.38. The standard InChI is InChI=1S/C19H38N2O2/c1-5-6-7-8-10-17-16(15-19(22)23-4)11-12-18(17)20-13-9-14-21(2)3/h16-18,20H,5-15H2,1-4H3/t16-,17+,18+/m1/s1. The number of nitrogens with one attached hydrogen (secondary N) is 1. The molecule has 4 heteroatoms. The van der Waals surface area contributed by atoms with Crippen molar-refractivity contribution in [1.29, 1.82) is 0 Å². The van der Waals surface area contributed by atoms with Crippen LogP contribution in [0.5, 0.6) is 0 Å². The number of nitrogens with zero attached hydrogens (tertiary/aromatic N) is 1.